The summed E-state index contributed by atoms with van der Waals surface area (Å²) >= 11 is 5.86. The lowest BCUT2D eigenvalue weighted by Crippen LogP contribution is -2.12. The van der Waals surface area contributed by atoms with Crippen LogP contribution in [0.2, 0.25) is 5.02 Å². The van der Waals surface area contributed by atoms with Gasteiger partial charge in [-0.1, -0.05) is 53.2 Å². The van der Waals surface area contributed by atoms with Crippen LogP contribution in [-0.2, 0) is 17.9 Å². The molecule has 0 aromatic heterocycles. The van der Waals surface area contributed by atoms with E-state index in [-0.39, 0.29) is 0 Å². The third-order valence-corrected chi connectivity index (χ3v) is 3.76. The molecule has 0 atom stereocenters. The third kappa shape index (κ3) is 3.02. The molecule has 0 radical (unpaired) electrons. The first-order valence-electron chi connectivity index (χ1n) is 6.84. The maximum atomic E-state index is 5.86. The monoisotopic (exact) mass is 285 g/mol. The van der Waals surface area contributed by atoms with E-state index in [1.54, 1.807) is 0 Å². The Balaban J connectivity index is 1.69. The van der Waals surface area contributed by atoms with Crippen LogP contribution in [0.5, 0.6) is 0 Å². The molecule has 102 valence electrons. The van der Waals surface area contributed by atoms with Crippen LogP contribution < -0.4 is 0 Å². The Hall–Kier alpha value is -1.80. The molecule has 3 heteroatoms. The molecule has 0 spiro atoms. The van der Waals surface area contributed by atoms with E-state index >= 15 is 0 Å². The van der Waals surface area contributed by atoms with Crippen molar-refractivity contribution in [3.8, 4) is 0 Å². The lowest BCUT2D eigenvalue weighted by Gasteiger charge is -2.16. The zero-order valence-corrected chi connectivity index (χ0v) is 11.9. The number of aryl methyl sites for hydroxylation is 1. The number of fused-ring (bicyclic) bond motifs is 1. The van der Waals surface area contributed by atoms with E-state index in [4.69, 9.17) is 16.4 Å². The van der Waals surface area contributed by atoms with Crippen molar-refractivity contribution in [2.75, 3.05) is 0 Å². The number of benzene rings is 2. The summed E-state index contributed by atoms with van der Waals surface area (Å²) < 4.78 is 0. The molecule has 2 aromatic carbocycles. The fraction of sp³-hybridized carbons (Fsp3) is 0.235. The predicted octanol–water partition coefficient (Wildman–Crippen LogP) is 4.60. The van der Waals surface area contributed by atoms with Crippen molar-refractivity contribution in [2.24, 2.45) is 5.16 Å². The molecule has 3 rings (SSSR count). The van der Waals surface area contributed by atoms with Crippen molar-refractivity contribution in [3.63, 3.8) is 0 Å². The first-order valence-corrected chi connectivity index (χ1v) is 7.22. The van der Waals surface area contributed by atoms with Crippen molar-refractivity contribution in [1.82, 2.24) is 0 Å². The molecule has 0 N–H and O–H groups in total. The van der Waals surface area contributed by atoms with Gasteiger partial charge in [0.2, 0.25) is 0 Å². The van der Waals surface area contributed by atoms with Gasteiger partial charge in [-0.25, -0.2) is 0 Å². The van der Waals surface area contributed by atoms with Gasteiger partial charge in [0, 0.05) is 10.6 Å². The third-order valence-electron chi connectivity index (χ3n) is 3.51. The number of oxime groups is 1. The zero-order chi connectivity index (χ0) is 13.8. The summed E-state index contributed by atoms with van der Waals surface area (Å²) in [4.78, 5) is 5.50. The Kier molecular flexibility index (Phi) is 4.03. The maximum Gasteiger partial charge on any atom is 0.142 e. The van der Waals surface area contributed by atoms with E-state index in [0.717, 1.165) is 35.6 Å². The van der Waals surface area contributed by atoms with E-state index in [1.807, 2.05) is 24.3 Å². The Morgan fingerprint density at radius 2 is 1.80 bits per heavy atom. The quantitative estimate of drug-likeness (QED) is 0.756. The van der Waals surface area contributed by atoms with Crippen LogP contribution in [0.25, 0.3) is 0 Å². The molecule has 0 heterocycles. The van der Waals surface area contributed by atoms with Gasteiger partial charge in [0.1, 0.15) is 6.61 Å². The molecule has 0 fully saturated rings. The molecule has 1 aliphatic rings. The van der Waals surface area contributed by atoms with Gasteiger partial charge in [-0.15, -0.1) is 0 Å². The number of halogens is 1. The number of hydrogen-bond donors (Lipinski definition) is 0. The molecule has 0 unspecified atom stereocenters. The molecule has 0 saturated carbocycles. The molecule has 2 aromatic rings. The second-order valence-corrected chi connectivity index (χ2v) is 5.39. The topological polar surface area (TPSA) is 21.6 Å². The second-order valence-electron chi connectivity index (χ2n) is 4.95. The lowest BCUT2D eigenvalue weighted by atomic mass is 9.90. The summed E-state index contributed by atoms with van der Waals surface area (Å²) in [5.74, 6) is 0. The summed E-state index contributed by atoms with van der Waals surface area (Å²) in [6.07, 6.45) is 3.25. The minimum Gasteiger partial charge on any atom is -0.391 e. The first kappa shape index (κ1) is 13.2. The van der Waals surface area contributed by atoms with Crippen LogP contribution in [0.3, 0.4) is 0 Å². The molecule has 2 nitrogen and oxygen atoms in total. The lowest BCUT2D eigenvalue weighted by molar-refractivity contribution is 0.130. The molecule has 0 amide bonds. The van der Waals surface area contributed by atoms with Gasteiger partial charge in [-0.3, -0.25) is 0 Å². The summed E-state index contributed by atoms with van der Waals surface area (Å²) in [5, 5.41) is 5.06. The van der Waals surface area contributed by atoms with Gasteiger partial charge >= 0.3 is 0 Å². The second kappa shape index (κ2) is 6.10. The molecule has 0 aliphatic heterocycles. The highest BCUT2D eigenvalue weighted by Gasteiger charge is 2.15. The van der Waals surface area contributed by atoms with Crippen LogP contribution in [0.15, 0.2) is 53.7 Å². The van der Waals surface area contributed by atoms with E-state index < -0.39 is 0 Å². The average molecular weight is 286 g/mol. The molecule has 0 bridgehead atoms. The zero-order valence-electron chi connectivity index (χ0n) is 11.2. The van der Waals surface area contributed by atoms with E-state index in [2.05, 4.69) is 29.4 Å². The number of hydrogen-bond acceptors (Lipinski definition) is 2. The highest BCUT2D eigenvalue weighted by Crippen LogP contribution is 2.21. The van der Waals surface area contributed by atoms with E-state index in [9.17, 15) is 0 Å². The highest BCUT2D eigenvalue weighted by atomic mass is 35.5. The molecule has 20 heavy (non-hydrogen) atoms. The van der Waals surface area contributed by atoms with Crippen molar-refractivity contribution in [3.05, 3.63) is 70.2 Å². The fourth-order valence-electron chi connectivity index (χ4n) is 2.46. The van der Waals surface area contributed by atoms with Crippen LogP contribution in [-0.4, -0.2) is 5.71 Å². The SMILES string of the molecule is Clc1ccc(CO/N=C2\CCCc3ccccc32)cc1. The maximum absolute atomic E-state index is 5.86. The highest BCUT2D eigenvalue weighted by molar-refractivity contribution is 6.30. The van der Waals surface area contributed by atoms with Gasteiger partial charge in [-0.2, -0.15) is 0 Å². The number of rotatable bonds is 3. The molecule has 0 saturated heterocycles. The van der Waals surface area contributed by atoms with Gasteiger partial charge in [0.25, 0.3) is 0 Å². The normalized spacial score (nSPS) is 15.9. The average Bonchev–Trinajstić information content (AvgIpc) is 2.49. The van der Waals surface area contributed by atoms with Crippen molar-refractivity contribution >= 4 is 17.3 Å². The summed E-state index contributed by atoms with van der Waals surface area (Å²) in [5.41, 5.74) is 4.73. The minimum absolute atomic E-state index is 0.475. The van der Waals surface area contributed by atoms with E-state index in [1.165, 1.54) is 11.1 Å². The summed E-state index contributed by atoms with van der Waals surface area (Å²) in [6.45, 7) is 0.475. The Labute approximate surface area is 124 Å². The van der Waals surface area contributed by atoms with Gasteiger partial charge in [0.05, 0.1) is 5.71 Å². The van der Waals surface area contributed by atoms with Crippen molar-refractivity contribution in [2.45, 2.75) is 25.9 Å². The van der Waals surface area contributed by atoms with E-state index in [0.29, 0.717) is 6.61 Å². The van der Waals surface area contributed by atoms with Gasteiger partial charge < -0.3 is 4.84 Å². The molecule has 1 aliphatic carbocycles. The first-order chi connectivity index (χ1) is 9.83. The Morgan fingerprint density at radius 1 is 1.00 bits per heavy atom. The Bertz CT molecular complexity index is 619. The molecular weight excluding hydrogens is 270 g/mol. The van der Waals surface area contributed by atoms with Crippen LogP contribution in [0, 0.1) is 0 Å². The van der Waals surface area contributed by atoms with Crippen LogP contribution in [0.4, 0.5) is 0 Å². The van der Waals surface area contributed by atoms with Gasteiger partial charge in [0.15, 0.2) is 0 Å². The summed E-state index contributed by atoms with van der Waals surface area (Å²) in [6, 6.07) is 16.1. The Morgan fingerprint density at radius 3 is 2.65 bits per heavy atom. The standard InChI is InChI=1S/C17H16ClNO/c18-15-10-8-13(9-11-15)12-20-19-17-7-3-5-14-4-1-2-6-16(14)17/h1-2,4,6,8-11H,3,5,7,12H2/b19-17+. The largest absolute Gasteiger partial charge is 0.391 e. The van der Waals surface area contributed by atoms with Crippen LogP contribution in [0.1, 0.15) is 29.5 Å². The number of nitrogens with zero attached hydrogens (tertiary/aromatic N) is 1. The fourth-order valence-corrected chi connectivity index (χ4v) is 2.59. The van der Waals surface area contributed by atoms with Crippen molar-refractivity contribution < 1.29 is 4.84 Å². The predicted molar refractivity (Wildman–Crippen MR) is 82.2 cm³/mol. The minimum atomic E-state index is 0.475. The summed E-state index contributed by atoms with van der Waals surface area (Å²) in [7, 11) is 0. The smallest absolute Gasteiger partial charge is 0.142 e. The van der Waals surface area contributed by atoms with Gasteiger partial charge in [-0.05, 0) is 42.5 Å². The van der Waals surface area contributed by atoms with Crippen LogP contribution >= 0.6 is 11.6 Å². The molecular formula is C17H16ClNO. The van der Waals surface area contributed by atoms with Crippen molar-refractivity contribution in [1.29, 1.82) is 0 Å².